The highest BCUT2D eigenvalue weighted by Gasteiger charge is 2.31. The molecule has 19 heavy (non-hydrogen) atoms. The normalized spacial score (nSPS) is 21.3. The van der Waals surface area contributed by atoms with Crippen LogP contribution < -0.4 is 4.74 Å². The van der Waals surface area contributed by atoms with Crippen LogP contribution in [0.2, 0.25) is 0 Å². The first-order chi connectivity index (χ1) is 8.95. The number of hydrogen-bond acceptors (Lipinski definition) is 3. The van der Waals surface area contributed by atoms with Crippen molar-refractivity contribution < 1.29 is 13.2 Å². The van der Waals surface area contributed by atoms with Gasteiger partial charge in [0.2, 0.25) is 10.0 Å². The van der Waals surface area contributed by atoms with Crippen molar-refractivity contribution in [1.82, 2.24) is 4.31 Å². The molecule has 4 nitrogen and oxygen atoms in total. The van der Waals surface area contributed by atoms with E-state index in [1.807, 2.05) is 0 Å². The maximum atomic E-state index is 12.7. The standard InChI is InChI=1S/C13H18BrNO3S/c1-10-4-3-7-15(9-10)19(16,17)13-8-11(14)5-6-12(13)18-2/h5-6,8,10H,3-4,7,9H2,1-2H3/t10-/m0/s1. The number of hydrogen-bond donors (Lipinski definition) is 0. The lowest BCUT2D eigenvalue weighted by atomic mass is 10.0. The van der Waals surface area contributed by atoms with Gasteiger partial charge in [-0.2, -0.15) is 4.31 Å². The van der Waals surface area contributed by atoms with Crippen LogP contribution in [0.15, 0.2) is 27.6 Å². The minimum atomic E-state index is -3.48. The number of methoxy groups -OCH3 is 1. The molecule has 0 unspecified atom stereocenters. The van der Waals surface area contributed by atoms with Crippen molar-refractivity contribution in [3.05, 3.63) is 22.7 Å². The Morgan fingerprint density at radius 2 is 2.16 bits per heavy atom. The lowest BCUT2D eigenvalue weighted by Gasteiger charge is -2.30. The molecule has 1 aliphatic rings. The van der Waals surface area contributed by atoms with E-state index < -0.39 is 10.0 Å². The molecule has 0 bridgehead atoms. The molecule has 0 radical (unpaired) electrons. The molecule has 1 fully saturated rings. The van der Waals surface area contributed by atoms with Crippen LogP contribution in [0.1, 0.15) is 19.8 Å². The van der Waals surface area contributed by atoms with Gasteiger partial charge in [-0.25, -0.2) is 8.42 Å². The number of nitrogens with zero attached hydrogens (tertiary/aromatic N) is 1. The average molecular weight is 348 g/mol. The fraction of sp³-hybridized carbons (Fsp3) is 0.538. The molecule has 1 aliphatic heterocycles. The Morgan fingerprint density at radius 3 is 2.79 bits per heavy atom. The highest BCUT2D eigenvalue weighted by molar-refractivity contribution is 9.10. The summed E-state index contributed by atoms with van der Waals surface area (Å²) in [5.41, 5.74) is 0. The maximum Gasteiger partial charge on any atom is 0.246 e. The Labute approximate surface area is 122 Å². The van der Waals surface area contributed by atoms with Gasteiger partial charge in [0.25, 0.3) is 0 Å². The lowest BCUT2D eigenvalue weighted by molar-refractivity contribution is 0.280. The molecule has 1 atom stereocenters. The lowest BCUT2D eigenvalue weighted by Crippen LogP contribution is -2.39. The number of piperidine rings is 1. The minimum Gasteiger partial charge on any atom is -0.495 e. The smallest absolute Gasteiger partial charge is 0.246 e. The van der Waals surface area contributed by atoms with Crippen LogP contribution in [0, 0.1) is 5.92 Å². The summed E-state index contributed by atoms with van der Waals surface area (Å²) >= 11 is 3.32. The number of ether oxygens (including phenoxy) is 1. The van der Waals surface area contributed by atoms with Crippen molar-refractivity contribution in [2.24, 2.45) is 5.92 Å². The second-order valence-electron chi connectivity index (χ2n) is 4.91. The van der Waals surface area contributed by atoms with Gasteiger partial charge in [0.05, 0.1) is 7.11 Å². The molecular weight excluding hydrogens is 330 g/mol. The average Bonchev–Trinajstić information content (AvgIpc) is 2.38. The zero-order valence-electron chi connectivity index (χ0n) is 11.1. The largest absolute Gasteiger partial charge is 0.495 e. The van der Waals surface area contributed by atoms with Gasteiger partial charge in [-0.3, -0.25) is 0 Å². The van der Waals surface area contributed by atoms with Crippen molar-refractivity contribution in [3.63, 3.8) is 0 Å². The van der Waals surface area contributed by atoms with Crippen molar-refractivity contribution >= 4 is 26.0 Å². The van der Waals surface area contributed by atoms with Gasteiger partial charge in [0.1, 0.15) is 10.6 Å². The van der Waals surface area contributed by atoms with Crippen LogP contribution in [-0.4, -0.2) is 32.9 Å². The SMILES string of the molecule is COc1ccc(Br)cc1S(=O)(=O)N1CCC[C@H](C)C1. The van der Waals surface area contributed by atoms with Crippen molar-refractivity contribution in [3.8, 4) is 5.75 Å². The van der Waals surface area contributed by atoms with Gasteiger partial charge in [-0.1, -0.05) is 22.9 Å². The summed E-state index contributed by atoms with van der Waals surface area (Å²) in [6, 6.07) is 5.05. The molecular formula is C13H18BrNO3S. The predicted molar refractivity (Wildman–Crippen MR) is 77.9 cm³/mol. The zero-order chi connectivity index (χ0) is 14.0. The number of benzene rings is 1. The van der Waals surface area contributed by atoms with Crippen LogP contribution in [0.25, 0.3) is 0 Å². The molecule has 1 saturated heterocycles. The molecule has 0 aliphatic carbocycles. The zero-order valence-corrected chi connectivity index (χ0v) is 13.5. The van der Waals surface area contributed by atoms with Gasteiger partial charge >= 0.3 is 0 Å². The van der Waals surface area contributed by atoms with Crippen LogP contribution >= 0.6 is 15.9 Å². The molecule has 6 heteroatoms. The molecule has 2 rings (SSSR count). The first kappa shape index (κ1) is 14.8. The third-order valence-electron chi connectivity index (χ3n) is 3.36. The van der Waals surface area contributed by atoms with E-state index in [2.05, 4.69) is 22.9 Å². The summed E-state index contributed by atoms with van der Waals surface area (Å²) < 4.78 is 32.9. The summed E-state index contributed by atoms with van der Waals surface area (Å²) in [6.45, 7) is 3.25. The third-order valence-corrected chi connectivity index (χ3v) is 5.74. The van der Waals surface area contributed by atoms with E-state index in [0.29, 0.717) is 24.8 Å². The van der Waals surface area contributed by atoms with E-state index in [9.17, 15) is 8.42 Å². The van der Waals surface area contributed by atoms with Crippen molar-refractivity contribution in [2.45, 2.75) is 24.7 Å². The first-order valence-corrected chi connectivity index (χ1v) is 8.52. The van der Waals surface area contributed by atoms with Gasteiger partial charge in [0, 0.05) is 17.6 Å². The molecule has 1 aromatic carbocycles. The second kappa shape index (κ2) is 5.81. The molecule has 1 heterocycles. The Morgan fingerprint density at radius 1 is 1.42 bits per heavy atom. The second-order valence-corrected chi connectivity index (χ2v) is 7.73. The van der Waals surface area contributed by atoms with E-state index in [1.165, 1.54) is 7.11 Å². The van der Waals surface area contributed by atoms with Crippen LogP contribution in [0.3, 0.4) is 0 Å². The molecule has 0 saturated carbocycles. The Hall–Kier alpha value is -0.590. The molecule has 0 spiro atoms. The monoisotopic (exact) mass is 347 g/mol. The Bertz CT molecular complexity index is 559. The van der Waals surface area contributed by atoms with E-state index in [4.69, 9.17) is 4.74 Å². The fourth-order valence-corrected chi connectivity index (χ4v) is 4.65. The molecule has 1 aromatic rings. The van der Waals surface area contributed by atoms with E-state index in [1.54, 1.807) is 22.5 Å². The van der Waals surface area contributed by atoms with Crippen LogP contribution in [0.4, 0.5) is 0 Å². The van der Waals surface area contributed by atoms with Crippen LogP contribution in [0.5, 0.6) is 5.75 Å². The molecule has 0 N–H and O–H groups in total. The topological polar surface area (TPSA) is 46.6 Å². The summed E-state index contributed by atoms with van der Waals surface area (Å²) in [5.74, 6) is 0.795. The van der Waals surface area contributed by atoms with Crippen LogP contribution in [-0.2, 0) is 10.0 Å². The Balaban J connectivity index is 2.41. The predicted octanol–water partition coefficient (Wildman–Crippen LogP) is 2.88. The number of halogens is 1. The van der Waals surface area contributed by atoms with Crippen molar-refractivity contribution in [1.29, 1.82) is 0 Å². The van der Waals surface area contributed by atoms with E-state index in [0.717, 1.165) is 17.3 Å². The summed E-state index contributed by atoms with van der Waals surface area (Å²) in [6.07, 6.45) is 2.00. The quantitative estimate of drug-likeness (QED) is 0.844. The number of sulfonamides is 1. The molecule has 0 amide bonds. The van der Waals surface area contributed by atoms with Gasteiger partial charge < -0.3 is 4.74 Å². The maximum absolute atomic E-state index is 12.7. The van der Waals surface area contributed by atoms with Crippen molar-refractivity contribution in [2.75, 3.05) is 20.2 Å². The fourth-order valence-electron chi connectivity index (χ4n) is 2.36. The number of rotatable bonds is 3. The Kier molecular flexibility index (Phi) is 4.53. The first-order valence-electron chi connectivity index (χ1n) is 6.29. The van der Waals surface area contributed by atoms with E-state index >= 15 is 0 Å². The van der Waals surface area contributed by atoms with E-state index in [-0.39, 0.29) is 4.90 Å². The minimum absolute atomic E-state index is 0.235. The summed E-state index contributed by atoms with van der Waals surface area (Å²) in [5, 5.41) is 0. The molecule has 106 valence electrons. The highest BCUT2D eigenvalue weighted by Crippen LogP contribution is 2.31. The highest BCUT2D eigenvalue weighted by atomic mass is 79.9. The summed E-state index contributed by atoms with van der Waals surface area (Å²) in [7, 11) is -1.99. The summed E-state index contributed by atoms with van der Waals surface area (Å²) in [4.78, 5) is 0.235. The van der Waals surface area contributed by atoms with Gasteiger partial charge in [0.15, 0.2) is 0 Å². The molecule has 0 aromatic heterocycles. The van der Waals surface area contributed by atoms with Gasteiger partial charge in [-0.15, -0.1) is 0 Å². The van der Waals surface area contributed by atoms with Gasteiger partial charge in [-0.05, 0) is 37.0 Å². The third kappa shape index (κ3) is 3.12.